The van der Waals surface area contributed by atoms with E-state index in [0.717, 1.165) is 0 Å². The monoisotopic (exact) mass is 371 g/mol. The molecule has 2 aromatic rings. The molecule has 1 aliphatic heterocycles. The van der Waals surface area contributed by atoms with Crippen molar-refractivity contribution in [3.8, 4) is 0 Å². The number of benzene rings is 1. The number of hydrogen-bond acceptors (Lipinski definition) is 4. The molecule has 9 heteroatoms. The van der Waals surface area contributed by atoms with Crippen molar-refractivity contribution in [2.45, 2.75) is 18.4 Å². The highest BCUT2D eigenvalue weighted by Crippen LogP contribution is 2.26. The molecule has 25 heavy (non-hydrogen) atoms. The number of alkyl halides is 2. The van der Waals surface area contributed by atoms with Crippen LogP contribution >= 0.6 is 12.4 Å². The van der Waals surface area contributed by atoms with Crippen LogP contribution in [0.4, 0.5) is 20.2 Å². The van der Waals surface area contributed by atoms with Crippen LogP contribution in [0.25, 0.3) is 0 Å². The molecule has 1 saturated heterocycles. The second-order valence-corrected chi connectivity index (χ2v) is 5.53. The number of amides is 2. The molecule has 6 nitrogen and oxygen atoms in total. The average Bonchev–Trinajstić information content (AvgIpc) is 3.17. The fourth-order valence-electron chi connectivity index (χ4n) is 2.40. The summed E-state index contributed by atoms with van der Waals surface area (Å²) >= 11 is 0. The van der Waals surface area contributed by atoms with Gasteiger partial charge in [-0.05, 0) is 24.3 Å². The van der Waals surface area contributed by atoms with E-state index in [1.165, 1.54) is 18.6 Å². The summed E-state index contributed by atoms with van der Waals surface area (Å²) in [6, 6.07) is 7.02. The topological polar surface area (TPSA) is 83.4 Å². The fraction of sp³-hybridized carbons (Fsp3) is 0.250. The second-order valence-electron chi connectivity index (χ2n) is 5.53. The highest BCUT2D eigenvalue weighted by Gasteiger charge is 2.42. The Morgan fingerprint density at radius 1 is 1.20 bits per heavy atom. The van der Waals surface area contributed by atoms with Gasteiger partial charge in [-0.1, -0.05) is 6.07 Å². The first-order chi connectivity index (χ1) is 11.4. The maximum atomic E-state index is 13.1. The zero-order valence-corrected chi connectivity index (χ0v) is 13.7. The third-order valence-corrected chi connectivity index (χ3v) is 3.60. The Labute approximate surface area is 148 Å². The molecule has 134 valence electrons. The zero-order valence-electron chi connectivity index (χ0n) is 12.9. The molecule has 0 aliphatic carbocycles. The summed E-state index contributed by atoms with van der Waals surface area (Å²) in [4.78, 5) is 24.0. The first kappa shape index (κ1) is 18.9. The van der Waals surface area contributed by atoms with Crippen LogP contribution in [-0.2, 0) is 4.79 Å². The number of nitrogens with one attached hydrogen (secondary N) is 3. The Balaban J connectivity index is 0.00000225. The van der Waals surface area contributed by atoms with Crippen molar-refractivity contribution in [2.75, 3.05) is 17.2 Å². The highest BCUT2D eigenvalue weighted by molar-refractivity contribution is 6.04. The molecule has 1 aromatic heterocycles. The Bertz CT molecular complexity index is 753. The third kappa shape index (κ3) is 4.77. The number of halogens is 3. The van der Waals surface area contributed by atoms with Crippen LogP contribution in [0.3, 0.4) is 0 Å². The third-order valence-electron chi connectivity index (χ3n) is 3.60. The molecule has 1 unspecified atom stereocenters. The van der Waals surface area contributed by atoms with Gasteiger partial charge in [0.05, 0.1) is 24.4 Å². The van der Waals surface area contributed by atoms with Crippen LogP contribution in [0.15, 0.2) is 47.3 Å². The van der Waals surface area contributed by atoms with Crippen molar-refractivity contribution in [1.82, 2.24) is 5.32 Å². The number of hydrogen-bond donors (Lipinski definition) is 3. The van der Waals surface area contributed by atoms with Crippen LogP contribution in [0, 0.1) is 0 Å². The molecule has 1 aromatic carbocycles. The lowest BCUT2D eigenvalue weighted by Gasteiger charge is -2.12. The average molecular weight is 372 g/mol. The van der Waals surface area contributed by atoms with Crippen molar-refractivity contribution in [3.05, 3.63) is 48.4 Å². The van der Waals surface area contributed by atoms with E-state index < -0.39 is 30.8 Å². The van der Waals surface area contributed by atoms with Crippen molar-refractivity contribution in [2.24, 2.45) is 0 Å². The molecule has 2 amide bonds. The molecular weight excluding hydrogens is 356 g/mol. The maximum absolute atomic E-state index is 13.1. The number of carbonyl (C=O) groups excluding carboxylic acids is 2. The molecule has 1 atom stereocenters. The van der Waals surface area contributed by atoms with Crippen molar-refractivity contribution >= 4 is 35.6 Å². The van der Waals surface area contributed by atoms with E-state index >= 15 is 0 Å². The number of furan rings is 1. The lowest BCUT2D eigenvalue weighted by Crippen LogP contribution is -2.35. The molecule has 1 aliphatic rings. The lowest BCUT2D eigenvalue weighted by atomic mass is 10.1. The summed E-state index contributed by atoms with van der Waals surface area (Å²) in [7, 11) is 0. The van der Waals surface area contributed by atoms with E-state index in [0.29, 0.717) is 16.9 Å². The normalized spacial score (nSPS) is 18.2. The van der Waals surface area contributed by atoms with Gasteiger partial charge in [-0.3, -0.25) is 14.9 Å². The highest BCUT2D eigenvalue weighted by atomic mass is 35.5. The van der Waals surface area contributed by atoms with Crippen molar-refractivity contribution in [3.63, 3.8) is 0 Å². The van der Waals surface area contributed by atoms with Gasteiger partial charge in [-0.15, -0.1) is 12.4 Å². The maximum Gasteiger partial charge on any atom is 0.262 e. The van der Waals surface area contributed by atoms with Gasteiger partial charge in [0, 0.05) is 17.8 Å². The first-order valence-electron chi connectivity index (χ1n) is 7.29. The molecule has 0 bridgehead atoms. The van der Waals surface area contributed by atoms with Gasteiger partial charge < -0.3 is 15.1 Å². The number of rotatable bonds is 4. The molecule has 1 fully saturated rings. The zero-order chi connectivity index (χ0) is 17.2. The van der Waals surface area contributed by atoms with Crippen molar-refractivity contribution < 1.29 is 22.8 Å². The Morgan fingerprint density at radius 2 is 1.92 bits per heavy atom. The van der Waals surface area contributed by atoms with Gasteiger partial charge in [-0.2, -0.15) is 0 Å². The predicted molar refractivity (Wildman–Crippen MR) is 90.3 cm³/mol. The Morgan fingerprint density at radius 3 is 2.52 bits per heavy atom. The molecule has 3 N–H and O–H groups in total. The minimum Gasteiger partial charge on any atom is -0.472 e. The number of anilines is 2. The van der Waals surface area contributed by atoms with E-state index in [1.807, 2.05) is 0 Å². The van der Waals surface area contributed by atoms with Gasteiger partial charge in [0.15, 0.2) is 0 Å². The summed E-state index contributed by atoms with van der Waals surface area (Å²) < 4.78 is 31.1. The van der Waals surface area contributed by atoms with Crippen molar-refractivity contribution in [1.29, 1.82) is 0 Å². The molecule has 0 saturated carbocycles. The molecule has 3 rings (SSSR count). The summed E-state index contributed by atoms with van der Waals surface area (Å²) in [5.41, 5.74) is 1.23. The summed E-state index contributed by atoms with van der Waals surface area (Å²) in [6.07, 6.45) is 2.17. The van der Waals surface area contributed by atoms with Gasteiger partial charge in [-0.25, -0.2) is 8.78 Å². The van der Waals surface area contributed by atoms with Crippen LogP contribution in [0.5, 0.6) is 0 Å². The standard InChI is InChI=1S/C16H15F2N3O3.ClH/c17-16(18)7-13(19-9-16)15(23)21-12-3-1-2-11(6-12)20-14(22)10-4-5-24-8-10;/h1-6,8,13,19H,7,9H2,(H,20,22)(H,21,23);1H. The van der Waals surface area contributed by atoms with Gasteiger partial charge in [0.1, 0.15) is 6.26 Å². The van der Waals surface area contributed by atoms with Crippen LogP contribution in [0.1, 0.15) is 16.8 Å². The van der Waals surface area contributed by atoms with E-state index in [4.69, 9.17) is 4.42 Å². The molecule has 0 radical (unpaired) electrons. The van der Waals surface area contributed by atoms with E-state index in [9.17, 15) is 18.4 Å². The first-order valence-corrected chi connectivity index (χ1v) is 7.29. The van der Waals surface area contributed by atoms with E-state index in [-0.39, 0.29) is 18.3 Å². The predicted octanol–water partition coefficient (Wildman–Crippen LogP) is 2.89. The Hall–Kier alpha value is -2.45. The SMILES string of the molecule is Cl.O=C(Nc1cccc(NC(=O)C2CC(F)(F)CN2)c1)c1ccoc1. The number of carbonyl (C=O) groups is 2. The molecular formula is C16H16ClF2N3O3. The van der Waals surface area contributed by atoms with Gasteiger partial charge in [0.2, 0.25) is 5.91 Å². The summed E-state index contributed by atoms with van der Waals surface area (Å²) in [5, 5.41) is 7.71. The second kappa shape index (κ2) is 7.62. The minimum atomic E-state index is -2.87. The fourth-order valence-corrected chi connectivity index (χ4v) is 2.40. The van der Waals surface area contributed by atoms with Gasteiger partial charge >= 0.3 is 0 Å². The largest absolute Gasteiger partial charge is 0.472 e. The smallest absolute Gasteiger partial charge is 0.262 e. The molecule has 2 heterocycles. The quantitative estimate of drug-likeness (QED) is 0.771. The van der Waals surface area contributed by atoms with Crippen LogP contribution in [0.2, 0.25) is 0 Å². The minimum absolute atomic E-state index is 0. The van der Waals surface area contributed by atoms with E-state index in [2.05, 4.69) is 16.0 Å². The van der Waals surface area contributed by atoms with Crippen LogP contribution < -0.4 is 16.0 Å². The van der Waals surface area contributed by atoms with Crippen LogP contribution in [-0.4, -0.2) is 30.3 Å². The van der Waals surface area contributed by atoms with Gasteiger partial charge in [0.25, 0.3) is 11.8 Å². The lowest BCUT2D eigenvalue weighted by molar-refractivity contribution is -0.118. The summed E-state index contributed by atoms with van der Waals surface area (Å²) in [6.45, 7) is -0.508. The molecule has 0 spiro atoms. The van der Waals surface area contributed by atoms with E-state index in [1.54, 1.807) is 24.3 Å². The Kier molecular flexibility index (Phi) is 5.76. The summed E-state index contributed by atoms with van der Waals surface area (Å²) in [5.74, 6) is -3.77.